The summed E-state index contributed by atoms with van der Waals surface area (Å²) in [6.45, 7) is 2.61. The molecule has 0 aliphatic heterocycles. The molecule has 1 aromatic carbocycles. The third-order valence-electron chi connectivity index (χ3n) is 3.90. The summed E-state index contributed by atoms with van der Waals surface area (Å²) in [7, 11) is 0. The molecule has 4 N–H and O–H groups in total. The number of nitrogens with two attached hydrogens (primary N) is 1. The Labute approximate surface area is 125 Å². The molecule has 0 spiro atoms. The van der Waals surface area contributed by atoms with Gasteiger partial charge in [0.2, 0.25) is 5.91 Å². The minimum atomic E-state index is -0.799. The van der Waals surface area contributed by atoms with E-state index in [-0.39, 0.29) is 11.8 Å². The van der Waals surface area contributed by atoms with Crippen molar-refractivity contribution in [3.05, 3.63) is 29.8 Å². The van der Waals surface area contributed by atoms with E-state index in [1.54, 1.807) is 24.3 Å². The van der Waals surface area contributed by atoms with Crippen LogP contribution in [0, 0.1) is 0 Å². The van der Waals surface area contributed by atoms with E-state index in [1.165, 1.54) is 0 Å². The van der Waals surface area contributed by atoms with Gasteiger partial charge in [-0.1, -0.05) is 31.9 Å². The first-order valence-corrected chi connectivity index (χ1v) is 7.54. The number of benzene rings is 1. The van der Waals surface area contributed by atoms with E-state index in [9.17, 15) is 9.59 Å². The highest BCUT2D eigenvalue weighted by atomic mass is 16.2. The highest BCUT2D eigenvalue weighted by Crippen LogP contribution is 2.29. The molecule has 1 fully saturated rings. The van der Waals surface area contributed by atoms with Crippen molar-refractivity contribution < 1.29 is 9.59 Å². The van der Waals surface area contributed by atoms with Crippen LogP contribution >= 0.6 is 0 Å². The van der Waals surface area contributed by atoms with Gasteiger partial charge >= 0.3 is 0 Å². The zero-order valence-electron chi connectivity index (χ0n) is 12.4. The van der Waals surface area contributed by atoms with Gasteiger partial charge in [-0.05, 0) is 31.4 Å². The van der Waals surface area contributed by atoms with E-state index in [2.05, 4.69) is 10.6 Å². The SMILES string of the molecule is CCCNC(=O)c1ccccc1NC(=O)C1(N)CCCC1. The third-order valence-corrected chi connectivity index (χ3v) is 3.90. The standard InChI is InChI=1S/C16H23N3O2/c1-2-11-18-14(20)12-7-3-4-8-13(12)19-15(21)16(17)9-5-6-10-16/h3-4,7-8H,2,5-6,9-11,17H2,1H3,(H,18,20)(H,19,21). The average molecular weight is 289 g/mol. The van der Waals surface area contributed by atoms with E-state index in [1.807, 2.05) is 6.92 Å². The van der Waals surface area contributed by atoms with E-state index >= 15 is 0 Å². The number of rotatable bonds is 5. The van der Waals surface area contributed by atoms with Crippen molar-refractivity contribution in [2.24, 2.45) is 5.73 Å². The first kappa shape index (κ1) is 15.5. The molecule has 1 saturated carbocycles. The summed E-state index contributed by atoms with van der Waals surface area (Å²) in [5.41, 5.74) is 6.34. The Morgan fingerprint density at radius 3 is 2.57 bits per heavy atom. The predicted molar refractivity (Wildman–Crippen MR) is 83.1 cm³/mol. The number of anilines is 1. The van der Waals surface area contributed by atoms with Crippen LogP contribution in [0.4, 0.5) is 5.69 Å². The lowest BCUT2D eigenvalue weighted by atomic mass is 9.97. The molecule has 5 heteroatoms. The summed E-state index contributed by atoms with van der Waals surface area (Å²) < 4.78 is 0. The van der Waals surface area contributed by atoms with Gasteiger partial charge in [-0.2, -0.15) is 0 Å². The van der Waals surface area contributed by atoms with Gasteiger partial charge in [0.1, 0.15) is 0 Å². The molecule has 1 aliphatic rings. The molecular weight excluding hydrogens is 266 g/mol. The number of amides is 2. The molecule has 0 heterocycles. The van der Waals surface area contributed by atoms with E-state index < -0.39 is 5.54 Å². The second kappa shape index (κ2) is 6.72. The van der Waals surface area contributed by atoms with Gasteiger partial charge in [0.15, 0.2) is 0 Å². The minimum Gasteiger partial charge on any atom is -0.352 e. The van der Waals surface area contributed by atoms with Crippen molar-refractivity contribution in [1.82, 2.24) is 5.32 Å². The Morgan fingerprint density at radius 1 is 1.24 bits per heavy atom. The summed E-state index contributed by atoms with van der Waals surface area (Å²) >= 11 is 0. The van der Waals surface area contributed by atoms with Crippen LogP contribution in [-0.2, 0) is 4.79 Å². The van der Waals surface area contributed by atoms with Crippen LogP contribution in [0.3, 0.4) is 0 Å². The number of hydrogen-bond acceptors (Lipinski definition) is 3. The summed E-state index contributed by atoms with van der Waals surface area (Å²) in [5.74, 6) is -0.374. The molecular formula is C16H23N3O2. The van der Waals surface area contributed by atoms with Crippen molar-refractivity contribution in [3.63, 3.8) is 0 Å². The monoisotopic (exact) mass is 289 g/mol. The first-order valence-electron chi connectivity index (χ1n) is 7.54. The largest absolute Gasteiger partial charge is 0.352 e. The van der Waals surface area contributed by atoms with Gasteiger partial charge in [0.05, 0.1) is 16.8 Å². The van der Waals surface area contributed by atoms with Crippen molar-refractivity contribution in [3.8, 4) is 0 Å². The van der Waals surface area contributed by atoms with Crippen LogP contribution in [0.2, 0.25) is 0 Å². The number of carbonyl (C=O) groups excluding carboxylic acids is 2. The van der Waals surface area contributed by atoms with Gasteiger partial charge in [-0.25, -0.2) is 0 Å². The smallest absolute Gasteiger partial charge is 0.253 e. The summed E-state index contributed by atoms with van der Waals surface area (Å²) in [6.07, 6.45) is 4.21. The normalized spacial score (nSPS) is 16.5. The van der Waals surface area contributed by atoms with Crippen molar-refractivity contribution in [1.29, 1.82) is 0 Å². The fraction of sp³-hybridized carbons (Fsp3) is 0.500. The molecule has 0 atom stereocenters. The van der Waals surface area contributed by atoms with Gasteiger partial charge in [-0.15, -0.1) is 0 Å². The van der Waals surface area contributed by atoms with Crippen LogP contribution in [-0.4, -0.2) is 23.9 Å². The lowest BCUT2D eigenvalue weighted by molar-refractivity contribution is -0.121. The number of nitrogens with one attached hydrogen (secondary N) is 2. The van der Waals surface area contributed by atoms with Crippen molar-refractivity contribution in [2.45, 2.75) is 44.6 Å². The zero-order chi connectivity index (χ0) is 15.3. The van der Waals surface area contributed by atoms with Gasteiger partial charge in [-0.3, -0.25) is 9.59 Å². The maximum atomic E-state index is 12.4. The fourth-order valence-electron chi connectivity index (χ4n) is 2.60. The van der Waals surface area contributed by atoms with Crippen LogP contribution in [0.1, 0.15) is 49.4 Å². The quantitative estimate of drug-likeness (QED) is 0.775. The van der Waals surface area contributed by atoms with Gasteiger partial charge < -0.3 is 16.4 Å². The Bertz CT molecular complexity index is 522. The number of para-hydroxylation sites is 1. The molecule has 0 bridgehead atoms. The first-order chi connectivity index (χ1) is 10.1. The summed E-state index contributed by atoms with van der Waals surface area (Å²) in [6, 6.07) is 7.02. The molecule has 5 nitrogen and oxygen atoms in total. The maximum absolute atomic E-state index is 12.4. The summed E-state index contributed by atoms with van der Waals surface area (Å²) in [5, 5.41) is 5.65. The van der Waals surface area contributed by atoms with Crippen LogP contribution in [0.25, 0.3) is 0 Å². The lowest BCUT2D eigenvalue weighted by Crippen LogP contribution is -2.48. The number of hydrogen-bond donors (Lipinski definition) is 3. The van der Waals surface area contributed by atoms with Crippen molar-refractivity contribution in [2.75, 3.05) is 11.9 Å². The molecule has 114 valence electrons. The minimum absolute atomic E-state index is 0.176. The van der Waals surface area contributed by atoms with Gasteiger partial charge in [0.25, 0.3) is 5.91 Å². The topological polar surface area (TPSA) is 84.2 Å². The Morgan fingerprint density at radius 2 is 1.90 bits per heavy atom. The molecule has 1 aromatic rings. The third kappa shape index (κ3) is 3.61. The second-order valence-corrected chi connectivity index (χ2v) is 5.62. The Hall–Kier alpha value is -1.88. The molecule has 2 amide bonds. The molecule has 0 unspecified atom stereocenters. The van der Waals surface area contributed by atoms with Crippen LogP contribution < -0.4 is 16.4 Å². The highest BCUT2D eigenvalue weighted by molar-refractivity contribution is 6.05. The van der Waals surface area contributed by atoms with E-state index in [4.69, 9.17) is 5.73 Å². The Balaban J connectivity index is 2.13. The lowest BCUT2D eigenvalue weighted by Gasteiger charge is -2.23. The predicted octanol–water partition coefficient (Wildman–Crippen LogP) is 2.04. The molecule has 0 aromatic heterocycles. The number of carbonyl (C=O) groups is 2. The second-order valence-electron chi connectivity index (χ2n) is 5.62. The summed E-state index contributed by atoms with van der Waals surface area (Å²) in [4.78, 5) is 24.5. The van der Waals surface area contributed by atoms with E-state index in [0.29, 0.717) is 30.6 Å². The molecule has 1 aliphatic carbocycles. The van der Waals surface area contributed by atoms with E-state index in [0.717, 1.165) is 19.3 Å². The Kier molecular flexibility index (Phi) is 4.96. The molecule has 21 heavy (non-hydrogen) atoms. The van der Waals surface area contributed by atoms with Crippen LogP contribution in [0.5, 0.6) is 0 Å². The van der Waals surface area contributed by atoms with Gasteiger partial charge in [0, 0.05) is 6.54 Å². The average Bonchev–Trinajstić information content (AvgIpc) is 2.93. The molecule has 0 radical (unpaired) electrons. The molecule has 2 rings (SSSR count). The van der Waals surface area contributed by atoms with Crippen molar-refractivity contribution >= 4 is 17.5 Å². The highest BCUT2D eigenvalue weighted by Gasteiger charge is 2.37. The zero-order valence-corrected chi connectivity index (χ0v) is 12.4. The molecule has 0 saturated heterocycles. The fourth-order valence-corrected chi connectivity index (χ4v) is 2.60. The van der Waals surface area contributed by atoms with Crippen LogP contribution in [0.15, 0.2) is 24.3 Å². The maximum Gasteiger partial charge on any atom is 0.253 e.